The van der Waals surface area contributed by atoms with E-state index in [4.69, 9.17) is 11.6 Å². The number of pyridine rings is 1. The van der Waals surface area contributed by atoms with E-state index in [9.17, 15) is 4.79 Å². The maximum absolute atomic E-state index is 11.0. The summed E-state index contributed by atoms with van der Waals surface area (Å²) in [7, 11) is 0. The zero-order valence-corrected chi connectivity index (χ0v) is 10.8. The molecule has 3 nitrogen and oxygen atoms in total. The first-order chi connectivity index (χ1) is 9.28. The summed E-state index contributed by atoms with van der Waals surface area (Å²) in [5, 5.41) is 0.722. The van der Waals surface area contributed by atoms with E-state index >= 15 is 0 Å². The number of hydrogen-bond acceptors (Lipinski definition) is 2. The van der Waals surface area contributed by atoms with Crippen molar-refractivity contribution in [3.8, 4) is 0 Å². The molecule has 2 aromatic heterocycles. The molecule has 0 aliphatic heterocycles. The monoisotopic (exact) mass is 270 g/mol. The lowest BCUT2D eigenvalue weighted by atomic mass is 10.1. The van der Waals surface area contributed by atoms with Gasteiger partial charge in [0.15, 0.2) is 6.29 Å². The molecule has 0 fully saturated rings. The second kappa shape index (κ2) is 4.86. The highest BCUT2D eigenvalue weighted by Crippen LogP contribution is 2.16. The Morgan fingerprint density at radius 3 is 2.74 bits per heavy atom. The Bertz CT molecular complexity index is 731. The zero-order chi connectivity index (χ0) is 13.2. The minimum atomic E-state index is 0.650. The quantitative estimate of drug-likeness (QED) is 0.684. The first kappa shape index (κ1) is 11.9. The molecule has 0 aliphatic carbocycles. The fourth-order valence-corrected chi connectivity index (χ4v) is 2.24. The third-order valence-corrected chi connectivity index (χ3v) is 3.33. The standard InChI is InChI=1S/C15H11ClN2O/c16-13-5-3-11(4-6-13)8-15-17-9-14-12(10-19)2-1-7-18(14)15/h1-7,9-10H,8H2. The molecule has 0 amide bonds. The van der Waals surface area contributed by atoms with Crippen LogP contribution in [-0.2, 0) is 6.42 Å². The second-order valence-corrected chi connectivity index (χ2v) is 4.75. The number of nitrogens with zero attached hydrogens (tertiary/aromatic N) is 2. The molecular formula is C15H11ClN2O. The molecule has 0 radical (unpaired) electrons. The van der Waals surface area contributed by atoms with E-state index in [0.29, 0.717) is 12.0 Å². The topological polar surface area (TPSA) is 34.4 Å². The highest BCUT2D eigenvalue weighted by atomic mass is 35.5. The van der Waals surface area contributed by atoms with Gasteiger partial charge in [0, 0.05) is 23.2 Å². The van der Waals surface area contributed by atoms with Crippen LogP contribution in [-0.4, -0.2) is 15.7 Å². The van der Waals surface area contributed by atoms with Gasteiger partial charge in [-0.25, -0.2) is 4.98 Å². The lowest BCUT2D eigenvalue weighted by molar-refractivity contribution is 0.112. The molecule has 3 rings (SSSR count). The summed E-state index contributed by atoms with van der Waals surface area (Å²) in [6, 6.07) is 11.3. The van der Waals surface area contributed by atoms with Crippen LogP contribution >= 0.6 is 11.6 Å². The van der Waals surface area contributed by atoms with Crippen molar-refractivity contribution in [2.75, 3.05) is 0 Å². The Morgan fingerprint density at radius 1 is 1.21 bits per heavy atom. The molecule has 1 aromatic carbocycles. The summed E-state index contributed by atoms with van der Waals surface area (Å²) in [4.78, 5) is 15.4. The van der Waals surface area contributed by atoms with Gasteiger partial charge < -0.3 is 4.40 Å². The van der Waals surface area contributed by atoms with Gasteiger partial charge in [0.05, 0.1) is 11.7 Å². The Kier molecular flexibility index (Phi) is 3.05. The Balaban J connectivity index is 2.02. The van der Waals surface area contributed by atoms with Crippen molar-refractivity contribution >= 4 is 23.4 Å². The van der Waals surface area contributed by atoms with E-state index in [1.54, 1.807) is 12.3 Å². The van der Waals surface area contributed by atoms with E-state index in [1.165, 1.54) is 0 Å². The Labute approximate surface area is 115 Å². The highest BCUT2D eigenvalue weighted by Gasteiger charge is 2.07. The number of benzene rings is 1. The van der Waals surface area contributed by atoms with Crippen molar-refractivity contribution in [3.63, 3.8) is 0 Å². The van der Waals surface area contributed by atoms with Crippen LogP contribution in [0.25, 0.3) is 5.52 Å². The maximum atomic E-state index is 11.0. The van der Waals surface area contributed by atoms with Crippen molar-refractivity contribution in [1.29, 1.82) is 0 Å². The third-order valence-electron chi connectivity index (χ3n) is 3.08. The molecule has 0 unspecified atom stereocenters. The minimum absolute atomic E-state index is 0.650. The van der Waals surface area contributed by atoms with Crippen LogP contribution in [0.5, 0.6) is 0 Å². The average molecular weight is 271 g/mol. The molecule has 94 valence electrons. The predicted octanol–water partition coefficient (Wildman–Crippen LogP) is 3.39. The summed E-state index contributed by atoms with van der Waals surface area (Å²) in [6.07, 6.45) is 5.20. The van der Waals surface area contributed by atoms with E-state index < -0.39 is 0 Å². The summed E-state index contributed by atoms with van der Waals surface area (Å²) < 4.78 is 1.94. The van der Waals surface area contributed by atoms with Gasteiger partial charge >= 0.3 is 0 Å². The van der Waals surface area contributed by atoms with Crippen molar-refractivity contribution < 1.29 is 4.79 Å². The van der Waals surface area contributed by atoms with E-state index in [2.05, 4.69) is 4.98 Å². The lowest BCUT2D eigenvalue weighted by Crippen LogP contribution is -1.97. The number of imidazole rings is 1. The van der Waals surface area contributed by atoms with Gasteiger partial charge in [0.2, 0.25) is 0 Å². The van der Waals surface area contributed by atoms with E-state index in [-0.39, 0.29) is 0 Å². The van der Waals surface area contributed by atoms with Gasteiger partial charge in [-0.2, -0.15) is 0 Å². The molecule has 0 spiro atoms. The van der Waals surface area contributed by atoms with Gasteiger partial charge in [-0.3, -0.25) is 4.79 Å². The smallest absolute Gasteiger partial charge is 0.152 e. The second-order valence-electron chi connectivity index (χ2n) is 4.31. The molecule has 19 heavy (non-hydrogen) atoms. The number of hydrogen-bond donors (Lipinski definition) is 0. The van der Waals surface area contributed by atoms with Crippen LogP contribution < -0.4 is 0 Å². The first-order valence-corrected chi connectivity index (χ1v) is 6.30. The molecule has 0 aliphatic rings. The van der Waals surface area contributed by atoms with Crippen molar-refractivity contribution in [2.24, 2.45) is 0 Å². The van der Waals surface area contributed by atoms with Crippen molar-refractivity contribution in [3.05, 3.63) is 70.8 Å². The molecule has 0 N–H and O–H groups in total. The summed E-state index contributed by atoms with van der Waals surface area (Å²) in [6.45, 7) is 0. The van der Waals surface area contributed by atoms with Crippen LogP contribution in [0.3, 0.4) is 0 Å². The third kappa shape index (κ3) is 2.25. The van der Waals surface area contributed by atoms with Crippen LogP contribution in [0.4, 0.5) is 0 Å². The Hall–Kier alpha value is -2.13. The molecule has 3 aromatic rings. The van der Waals surface area contributed by atoms with Gasteiger partial charge in [0.1, 0.15) is 5.82 Å². The summed E-state index contributed by atoms with van der Waals surface area (Å²) in [5.41, 5.74) is 2.62. The minimum Gasteiger partial charge on any atom is -0.303 e. The molecule has 0 bridgehead atoms. The van der Waals surface area contributed by atoms with Crippen molar-refractivity contribution in [2.45, 2.75) is 6.42 Å². The number of carbonyl (C=O) groups excluding carboxylic acids is 1. The molecule has 4 heteroatoms. The molecule has 2 heterocycles. The largest absolute Gasteiger partial charge is 0.303 e. The highest BCUT2D eigenvalue weighted by molar-refractivity contribution is 6.30. The van der Waals surface area contributed by atoms with Gasteiger partial charge in [-0.15, -0.1) is 0 Å². The molecule has 0 atom stereocenters. The molecular weight excluding hydrogens is 260 g/mol. The predicted molar refractivity (Wildman–Crippen MR) is 74.8 cm³/mol. The average Bonchev–Trinajstić information content (AvgIpc) is 2.84. The number of aromatic nitrogens is 2. The first-order valence-electron chi connectivity index (χ1n) is 5.92. The fourth-order valence-electron chi connectivity index (χ4n) is 2.11. The zero-order valence-electron chi connectivity index (χ0n) is 10.1. The summed E-state index contributed by atoms with van der Waals surface area (Å²) >= 11 is 5.87. The van der Waals surface area contributed by atoms with Crippen LogP contribution in [0.2, 0.25) is 5.02 Å². The fraction of sp³-hybridized carbons (Fsp3) is 0.0667. The molecule has 0 saturated heterocycles. The van der Waals surface area contributed by atoms with Gasteiger partial charge in [-0.1, -0.05) is 23.7 Å². The number of fused-ring (bicyclic) bond motifs is 1. The van der Waals surface area contributed by atoms with Crippen LogP contribution in [0, 0.1) is 0 Å². The van der Waals surface area contributed by atoms with Gasteiger partial charge in [-0.05, 0) is 29.8 Å². The number of aldehydes is 1. The van der Waals surface area contributed by atoms with Crippen LogP contribution in [0.1, 0.15) is 21.7 Å². The lowest BCUT2D eigenvalue weighted by Gasteiger charge is -2.03. The number of halogens is 1. The maximum Gasteiger partial charge on any atom is 0.152 e. The van der Waals surface area contributed by atoms with Crippen LogP contribution in [0.15, 0.2) is 48.8 Å². The normalized spacial score (nSPS) is 10.8. The number of carbonyl (C=O) groups is 1. The van der Waals surface area contributed by atoms with E-state index in [1.807, 2.05) is 40.9 Å². The Morgan fingerprint density at radius 2 is 2.00 bits per heavy atom. The van der Waals surface area contributed by atoms with E-state index in [0.717, 1.165) is 28.2 Å². The van der Waals surface area contributed by atoms with Gasteiger partial charge in [0.25, 0.3) is 0 Å². The molecule has 0 saturated carbocycles. The SMILES string of the molecule is O=Cc1cccn2c(Cc3ccc(Cl)cc3)ncc12. The number of rotatable bonds is 3. The van der Waals surface area contributed by atoms with Crippen molar-refractivity contribution in [1.82, 2.24) is 9.38 Å². The summed E-state index contributed by atoms with van der Waals surface area (Å²) in [5.74, 6) is 0.904.